The molecule has 1 heterocycles. The normalized spacial score (nSPS) is 11.9. The molecule has 1 aromatic heterocycles. The van der Waals surface area contributed by atoms with E-state index >= 15 is 0 Å². The molecule has 5 nitrogen and oxygen atoms in total. The third-order valence-corrected chi connectivity index (χ3v) is 2.49. The maximum Gasteiger partial charge on any atom is 0.326 e. The van der Waals surface area contributed by atoms with Crippen molar-refractivity contribution < 1.29 is 14.7 Å². The van der Waals surface area contributed by atoms with Crippen LogP contribution in [0.4, 0.5) is 0 Å². The number of thiol groups is 1. The molecule has 1 atom stereocenters. The highest BCUT2D eigenvalue weighted by molar-refractivity contribution is 7.80. The number of aliphatic carboxylic acids is 1. The van der Waals surface area contributed by atoms with E-state index in [1.54, 1.807) is 0 Å². The van der Waals surface area contributed by atoms with E-state index in [1.807, 2.05) is 0 Å². The first-order valence-electron chi connectivity index (χ1n) is 4.80. The Morgan fingerprint density at radius 2 is 2.24 bits per heavy atom. The molecule has 1 unspecified atom stereocenters. The van der Waals surface area contributed by atoms with Gasteiger partial charge in [0.05, 0.1) is 5.56 Å². The van der Waals surface area contributed by atoms with Crippen LogP contribution in [0.1, 0.15) is 16.8 Å². The van der Waals surface area contributed by atoms with Gasteiger partial charge in [0.2, 0.25) is 0 Å². The minimum Gasteiger partial charge on any atom is -0.480 e. The van der Waals surface area contributed by atoms with E-state index in [-0.39, 0.29) is 17.1 Å². The van der Waals surface area contributed by atoms with Gasteiger partial charge in [0.25, 0.3) is 5.91 Å². The van der Waals surface area contributed by atoms with Crippen molar-refractivity contribution in [1.29, 1.82) is 0 Å². The summed E-state index contributed by atoms with van der Waals surface area (Å²) in [6.45, 7) is 0. The largest absolute Gasteiger partial charge is 0.480 e. The molecule has 17 heavy (non-hydrogen) atoms. The summed E-state index contributed by atoms with van der Waals surface area (Å²) in [5.74, 6) is -1.21. The fraction of sp³-hybridized carbons (Fsp3) is 0.300. The molecule has 0 aliphatic carbocycles. The Hall–Kier alpha value is -1.27. The number of aromatic nitrogens is 1. The van der Waals surface area contributed by atoms with Crippen molar-refractivity contribution in [3.8, 4) is 0 Å². The number of nitrogens with zero attached hydrogens (tertiary/aromatic N) is 1. The van der Waals surface area contributed by atoms with E-state index < -0.39 is 17.9 Å². The third kappa shape index (κ3) is 4.24. The molecule has 0 saturated heterocycles. The predicted octanol–water partition coefficient (Wildman–Crippen LogP) is 1.24. The van der Waals surface area contributed by atoms with Gasteiger partial charge in [-0.3, -0.25) is 4.79 Å². The quantitative estimate of drug-likeness (QED) is 0.557. The van der Waals surface area contributed by atoms with Gasteiger partial charge in [0.15, 0.2) is 0 Å². The molecule has 2 N–H and O–H groups in total. The number of amides is 1. The Balaban J connectivity index is 2.70. The number of rotatable bonds is 5. The van der Waals surface area contributed by atoms with Gasteiger partial charge in [0.1, 0.15) is 11.2 Å². The molecule has 92 valence electrons. The van der Waals surface area contributed by atoms with E-state index in [0.29, 0.717) is 5.75 Å². The smallest absolute Gasteiger partial charge is 0.326 e. The molecular formula is C10H11ClN2O3S. The summed E-state index contributed by atoms with van der Waals surface area (Å²) in [7, 11) is 0. The minimum absolute atomic E-state index is 0.255. The molecule has 7 heteroatoms. The van der Waals surface area contributed by atoms with Crippen LogP contribution in [0.2, 0.25) is 5.15 Å². The number of hydrogen-bond acceptors (Lipinski definition) is 4. The monoisotopic (exact) mass is 274 g/mol. The van der Waals surface area contributed by atoms with Crippen LogP contribution in [0.25, 0.3) is 0 Å². The molecule has 0 aliphatic rings. The van der Waals surface area contributed by atoms with Gasteiger partial charge in [-0.1, -0.05) is 11.6 Å². The number of carboxylic acid groups (broad SMARTS) is 1. The van der Waals surface area contributed by atoms with Crippen molar-refractivity contribution >= 4 is 36.1 Å². The number of carbonyl (C=O) groups excluding carboxylic acids is 1. The predicted molar refractivity (Wildman–Crippen MR) is 66.6 cm³/mol. The first kappa shape index (κ1) is 13.8. The lowest BCUT2D eigenvalue weighted by molar-refractivity contribution is -0.139. The zero-order chi connectivity index (χ0) is 12.8. The summed E-state index contributed by atoms with van der Waals surface area (Å²) < 4.78 is 0. The van der Waals surface area contributed by atoms with Crippen LogP contribution in [0.15, 0.2) is 18.3 Å². The zero-order valence-electron chi connectivity index (χ0n) is 8.76. The molecule has 0 saturated carbocycles. The number of halogens is 1. The van der Waals surface area contributed by atoms with Crippen LogP contribution in [0.3, 0.4) is 0 Å². The highest BCUT2D eigenvalue weighted by Gasteiger charge is 2.19. The van der Waals surface area contributed by atoms with E-state index in [2.05, 4.69) is 22.9 Å². The average molecular weight is 275 g/mol. The maximum absolute atomic E-state index is 11.7. The van der Waals surface area contributed by atoms with Gasteiger partial charge in [-0.25, -0.2) is 9.78 Å². The van der Waals surface area contributed by atoms with Crippen molar-refractivity contribution in [2.24, 2.45) is 0 Å². The van der Waals surface area contributed by atoms with Gasteiger partial charge in [-0.05, 0) is 24.3 Å². The number of hydrogen-bond donors (Lipinski definition) is 3. The average Bonchev–Trinajstić information content (AvgIpc) is 2.29. The zero-order valence-corrected chi connectivity index (χ0v) is 10.4. The molecule has 0 bridgehead atoms. The number of carbonyl (C=O) groups is 2. The van der Waals surface area contributed by atoms with Crippen LogP contribution in [-0.2, 0) is 4.79 Å². The van der Waals surface area contributed by atoms with Gasteiger partial charge < -0.3 is 10.4 Å². The summed E-state index contributed by atoms with van der Waals surface area (Å²) in [4.78, 5) is 26.2. The lowest BCUT2D eigenvalue weighted by Crippen LogP contribution is -2.41. The minimum atomic E-state index is -1.09. The van der Waals surface area contributed by atoms with Crippen LogP contribution < -0.4 is 5.32 Å². The Morgan fingerprint density at radius 3 is 2.71 bits per heavy atom. The maximum atomic E-state index is 11.7. The van der Waals surface area contributed by atoms with Crippen molar-refractivity contribution in [1.82, 2.24) is 10.3 Å². The van der Waals surface area contributed by atoms with Crippen molar-refractivity contribution in [2.75, 3.05) is 5.75 Å². The molecule has 0 fully saturated rings. The summed E-state index contributed by atoms with van der Waals surface area (Å²) in [6.07, 6.45) is 1.54. The molecule has 1 aromatic rings. The van der Waals surface area contributed by atoms with E-state index in [1.165, 1.54) is 18.3 Å². The second-order valence-electron chi connectivity index (χ2n) is 3.25. The highest BCUT2D eigenvalue weighted by Crippen LogP contribution is 2.06. The van der Waals surface area contributed by atoms with E-state index in [4.69, 9.17) is 16.7 Å². The van der Waals surface area contributed by atoms with Crippen molar-refractivity contribution in [3.63, 3.8) is 0 Å². The number of carboxylic acids is 1. The molecule has 1 amide bonds. The van der Waals surface area contributed by atoms with Gasteiger partial charge in [-0.15, -0.1) is 0 Å². The first-order valence-corrected chi connectivity index (χ1v) is 5.81. The lowest BCUT2D eigenvalue weighted by Gasteiger charge is -2.12. The first-order chi connectivity index (χ1) is 8.04. The Bertz CT molecular complexity index is 411. The summed E-state index contributed by atoms with van der Waals surface area (Å²) >= 11 is 9.51. The summed E-state index contributed by atoms with van der Waals surface area (Å²) in [5.41, 5.74) is 0.264. The molecule has 0 radical (unpaired) electrons. The molecule has 0 aliphatic heterocycles. The fourth-order valence-corrected chi connectivity index (χ4v) is 1.51. The van der Waals surface area contributed by atoms with E-state index in [0.717, 1.165) is 0 Å². The van der Waals surface area contributed by atoms with Crippen LogP contribution in [0, 0.1) is 0 Å². The van der Waals surface area contributed by atoms with Crippen molar-refractivity contribution in [2.45, 2.75) is 12.5 Å². The molecule has 1 rings (SSSR count). The second kappa shape index (κ2) is 6.46. The van der Waals surface area contributed by atoms with Crippen LogP contribution in [0.5, 0.6) is 0 Å². The van der Waals surface area contributed by atoms with Gasteiger partial charge >= 0.3 is 5.97 Å². The van der Waals surface area contributed by atoms with Gasteiger partial charge in [-0.2, -0.15) is 12.6 Å². The van der Waals surface area contributed by atoms with Crippen LogP contribution in [-0.4, -0.2) is 33.8 Å². The lowest BCUT2D eigenvalue weighted by atomic mass is 10.2. The number of nitrogens with one attached hydrogen (secondary N) is 1. The highest BCUT2D eigenvalue weighted by atomic mass is 35.5. The Kier molecular flexibility index (Phi) is 5.24. The Labute approximate surface area is 109 Å². The molecular weight excluding hydrogens is 264 g/mol. The van der Waals surface area contributed by atoms with Gasteiger partial charge in [0, 0.05) is 6.20 Å². The second-order valence-corrected chi connectivity index (χ2v) is 4.08. The van der Waals surface area contributed by atoms with Crippen LogP contribution >= 0.6 is 24.2 Å². The topological polar surface area (TPSA) is 79.3 Å². The molecule has 0 aromatic carbocycles. The fourth-order valence-electron chi connectivity index (χ4n) is 1.14. The summed E-state index contributed by atoms with van der Waals surface area (Å²) in [5, 5.41) is 11.5. The van der Waals surface area contributed by atoms with E-state index in [9.17, 15) is 9.59 Å². The number of pyridine rings is 1. The summed E-state index contributed by atoms with van der Waals surface area (Å²) in [6, 6.07) is 1.99. The Morgan fingerprint density at radius 1 is 1.53 bits per heavy atom. The standard InChI is InChI=1S/C10H11ClN2O3S/c11-8-2-1-6(5-12-8)9(14)13-7(3-4-17)10(15)16/h1-2,5,7,17H,3-4H2,(H,13,14)(H,15,16). The van der Waals surface area contributed by atoms with Crippen molar-refractivity contribution in [3.05, 3.63) is 29.0 Å². The molecule has 0 spiro atoms. The SMILES string of the molecule is O=C(NC(CCS)C(=O)O)c1ccc(Cl)nc1. The third-order valence-electron chi connectivity index (χ3n) is 2.01.